The first-order chi connectivity index (χ1) is 11.5. The first-order valence-electron chi connectivity index (χ1n) is 7.89. The van der Waals surface area contributed by atoms with Gasteiger partial charge in [0.2, 0.25) is 0 Å². The number of rotatable bonds is 7. The fourth-order valence-corrected chi connectivity index (χ4v) is 2.32. The molecule has 6 nitrogen and oxygen atoms in total. The van der Waals surface area contributed by atoms with Crippen molar-refractivity contribution in [1.29, 1.82) is 0 Å². The molecule has 0 aromatic heterocycles. The van der Waals surface area contributed by atoms with E-state index in [4.69, 9.17) is 0 Å². The summed E-state index contributed by atoms with van der Waals surface area (Å²) < 4.78 is 0. The predicted octanol–water partition coefficient (Wildman–Crippen LogP) is 4.21. The fourth-order valence-electron chi connectivity index (χ4n) is 2.32. The maximum absolute atomic E-state index is 12.4. The molecular weight excluding hydrogens is 306 g/mol. The second-order valence-corrected chi connectivity index (χ2v) is 5.56. The summed E-state index contributed by atoms with van der Waals surface area (Å²) in [7, 11) is 1.71. The van der Waals surface area contributed by atoms with E-state index < -0.39 is 4.92 Å². The van der Waals surface area contributed by atoms with E-state index in [1.807, 2.05) is 37.3 Å². The molecule has 0 saturated carbocycles. The number of hydrogen-bond donors (Lipinski definition) is 1. The number of nitrogens with zero attached hydrogens (tertiary/aromatic N) is 2. The van der Waals surface area contributed by atoms with Crippen molar-refractivity contribution in [2.75, 3.05) is 18.9 Å². The van der Waals surface area contributed by atoms with Gasteiger partial charge in [0.05, 0.1) is 4.92 Å². The Morgan fingerprint density at radius 3 is 2.54 bits per heavy atom. The molecule has 2 rings (SSSR count). The molecule has 2 aromatic rings. The number of unbranched alkanes of at least 4 members (excludes halogenated alkanes) is 1. The van der Waals surface area contributed by atoms with Crippen molar-refractivity contribution in [3.63, 3.8) is 0 Å². The molecule has 2 aromatic carbocycles. The third-order valence-corrected chi connectivity index (χ3v) is 3.69. The Morgan fingerprint density at radius 2 is 1.92 bits per heavy atom. The van der Waals surface area contributed by atoms with Crippen LogP contribution in [0.15, 0.2) is 48.5 Å². The highest BCUT2D eigenvalue weighted by atomic mass is 16.6. The smallest absolute Gasteiger partial charge is 0.293 e. The van der Waals surface area contributed by atoms with Crippen molar-refractivity contribution in [3.05, 3.63) is 64.2 Å². The Balaban J connectivity index is 2.26. The minimum atomic E-state index is -0.478. The van der Waals surface area contributed by atoms with Gasteiger partial charge in [-0.15, -0.1) is 0 Å². The molecule has 1 N–H and O–H groups in total. The summed E-state index contributed by atoms with van der Waals surface area (Å²) in [5.41, 5.74) is 1.31. The third-order valence-electron chi connectivity index (χ3n) is 3.69. The Hall–Kier alpha value is -2.89. The number of nitro benzene ring substituents is 1. The highest BCUT2D eigenvalue weighted by molar-refractivity contribution is 5.95. The van der Waals surface area contributed by atoms with Gasteiger partial charge in [-0.1, -0.05) is 31.5 Å². The van der Waals surface area contributed by atoms with Gasteiger partial charge in [-0.05, 0) is 30.7 Å². The number of para-hydroxylation sites is 1. The van der Waals surface area contributed by atoms with E-state index in [2.05, 4.69) is 5.32 Å². The monoisotopic (exact) mass is 327 g/mol. The van der Waals surface area contributed by atoms with Gasteiger partial charge in [0.15, 0.2) is 0 Å². The number of hydrogen-bond acceptors (Lipinski definition) is 4. The SMILES string of the molecule is CCCCN(C)C(=O)c1ccc(Nc2ccccc2)c([N+](=O)[O-])c1. The van der Waals surface area contributed by atoms with Crippen LogP contribution >= 0.6 is 0 Å². The van der Waals surface area contributed by atoms with Gasteiger partial charge in [0.1, 0.15) is 5.69 Å². The summed E-state index contributed by atoms with van der Waals surface area (Å²) in [6, 6.07) is 13.7. The number of carbonyl (C=O) groups is 1. The van der Waals surface area contributed by atoms with Crippen LogP contribution in [0.2, 0.25) is 0 Å². The molecular formula is C18H21N3O3. The molecule has 0 saturated heterocycles. The average Bonchev–Trinajstić information content (AvgIpc) is 2.60. The summed E-state index contributed by atoms with van der Waals surface area (Å²) in [6.45, 7) is 2.68. The minimum Gasteiger partial charge on any atom is -0.350 e. The summed E-state index contributed by atoms with van der Waals surface area (Å²) in [5.74, 6) is -0.210. The van der Waals surface area contributed by atoms with E-state index >= 15 is 0 Å². The topological polar surface area (TPSA) is 75.5 Å². The van der Waals surface area contributed by atoms with Crippen molar-refractivity contribution in [1.82, 2.24) is 4.90 Å². The van der Waals surface area contributed by atoms with E-state index in [-0.39, 0.29) is 11.6 Å². The summed E-state index contributed by atoms with van der Waals surface area (Å²) in [4.78, 5) is 24.9. The number of nitro groups is 1. The van der Waals surface area contributed by atoms with Crippen LogP contribution in [0.5, 0.6) is 0 Å². The first-order valence-corrected chi connectivity index (χ1v) is 7.89. The average molecular weight is 327 g/mol. The maximum Gasteiger partial charge on any atom is 0.293 e. The van der Waals surface area contributed by atoms with Crippen LogP contribution in [-0.2, 0) is 0 Å². The van der Waals surface area contributed by atoms with Gasteiger partial charge in [-0.3, -0.25) is 14.9 Å². The van der Waals surface area contributed by atoms with E-state index in [1.54, 1.807) is 24.1 Å². The van der Waals surface area contributed by atoms with Crippen LogP contribution in [0.1, 0.15) is 30.1 Å². The number of nitrogens with one attached hydrogen (secondary N) is 1. The highest BCUT2D eigenvalue weighted by Crippen LogP contribution is 2.29. The molecule has 0 spiro atoms. The molecule has 0 aliphatic carbocycles. The van der Waals surface area contributed by atoms with Crippen molar-refractivity contribution >= 4 is 23.0 Å². The lowest BCUT2D eigenvalue weighted by atomic mass is 10.1. The molecule has 0 unspecified atom stereocenters. The van der Waals surface area contributed by atoms with Crippen molar-refractivity contribution < 1.29 is 9.72 Å². The number of carbonyl (C=O) groups excluding carboxylic acids is 1. The van der Waals surface area contributed by atoms with Crippen LogP contribution < -0.4 is 5.32 Å². The molecule has 126 valence electrons. The molecule has 6 heteroatoms. The lowest BCUT2D eigenvalue weighted by molar-refractivity contribution is -0.383. The molecule has 0 heterocycles. The van der Waals surface area contributed by atoms with E-state index in [0.29, 0.717) is 17.8 Å². The van der Waals surface area contributed by atoms with Crippen molar-refractivity contribution in [3.8, 4) is 0 Å². The molecule has 0 bridgehead atoms. The van der Waals surface area contributed by atoms with Gasteiger partial charge in [-0.2, -0.15) is 0 Å². The highest BCUT2D eigenvalue weighted by Gasteiger charge is 2.19. The Kier molecular flexibility index (Phi) is 5.89. The molecule has 1 amide bonds. The molecule has 0 fully saturated rings. The first kappa shape index (κ1) is 17.5. The number of anilines is 2. The molecule has 24 heavy (non-hydrogen) atoms. The minimum absolute atomic E-state index is 0.117. The molecule has 0 aliphatic heterocycles. The molecule has 0 radical (unpaired) electrons. The Morgan fingerprint density at radius 1 is 1.21 bits per heavy atom. The second kappa shape index (κ2) is 8.10. The lowest BCUT2D eigenvalue weighted by Gasteiger charge is -2.17. The molecule has 0 atom stereocenters. The maximum atomic E-state index is 12.4. The lowest BCUT2D eigenvalue weighted by Crippen LogP contribution is -2.27. The molecule has 0 aliphatic rings. The second-order valence-electron chi connectivity index (χ2n) is 5.56. The summed E-state index contributed by atoms with van der Waals surface area (Å²) >= 11 is 0. The zero-order valence-electron chi connectivity index (χ0n) is 13.9. The quantitative estimate of drug-likeness (QED) is 0.610. The zero-order chi connectivity index (χ0) is 17.5. The van der Waals surface area contributed by atoms with Gasteiger partial charge in [-0.25, -0.2) is 0 Å². The summed E-state index contributed by atoms with van der Waals surface area (Å²) in [6.07, 6.45) is 1.88. The van der Waals surface area contributed by atoms with Crippen molar-refractivity contribution in [2.45, 2.75) is 19.8 Å². The van der Waals surface area contributed by atoms with Crippen LogP contribution in [0.25, 0.3) is 0 Å². The van der Waals surface area contributed by atoms with Crippen LogP contribution in [0.4, 0.5) is 17.1 Å². The summed E-state index contributed by atoms with van der Waals surface area (Å²) in [5, 5.41) is 14.4. The van der Waals surface area contributed by atoms with E-state index in [0.717, 1.165) is 18.5 Å². The third kappa shape index (κ3) is 4.32. The van der Waals surface area contributed by atoms with Gasteiger partial charge in [0.25, 0.3) is 11.6 Å². The zero-order valence-corrected chi connectivity index (χ0v) is 13.9. The van der Waals surface area contributed by atoms with Gasteiger partial charge in [0, 0.05) is 30.9 Å². The Bertz CT molecular complexity index is 717. The number of amides is 1. The van der Waals surface area contributed by atoms with Crippen molar-refractivity contribution in [2.24, 2.45) is 0 Å². The van der Waals surface area contributed by atoms with Crippen LogP contribution in [0, 0.1) is 10.1 Å². The Labute approximate surface area is 141 Å². The van der Waals surface area contributed by atoms with Crippen LogP contribution in [0.3, 0.4) is 0 Å². The standard InChI is InChI=1S/C18H21N3O3/c1-3-4-12-20(2)18(22)14-10-11-16(17(13-14)21(23)24)19-15-8-6-5-7-9-15/h5-11,13,19H,3-4,12H2,1-2H3. The predicted molar refractivity (Wildman–Crippen MR) is 94.7 cm³/mol. The van der Waals surface area contributed by atoms with E-state index in [1.165, 1.54) is 6.07 Å². The largest absolute Gasteiger partial charge is 0.350 e. The van der Waals surface area contributed by atoms with Gasteiger partial charge >= 0.3 is 0 Å². The van der Waals surface area contributed by atoms with Crippen LogP contribution in [-0.4, -0.2) is 29.3 Å². The van der Waals surface area contributed by atoms with Gasteiger partial charge < -0.3 is 10.2 Å². The number of benzene rings is 2. The van der Waals surface area contributed by atoms with E-state index in [9.17, 15) is 14.9 Å². The normalized spacial score (nSPS) is 10.2. The fraction of sp³-hybridized carbons (Fsp3) is 0.278.